The van der Waals surface area contributed by atoms with E-state index < -0.39 is 22.2 Å². The molecule has 0 saturated heterocycles. The molecule has 8 heteroatoms. The van der Waals surface area contributed by atoms with Crippen molar-refractivity contribution < 1.29 is 0 Å². The predicted molar refractivity (Wildman–Crippen MR) is 127 cm³/mol. The molecule has 0 aliphatic rings. The lowest BCUT2D eigenvalue weighted by Gasteiger charge is -2.10. The van der Waals surface area contributed by atoms with E-state index in [9.17, 15) is 19.2 Å². The van der Waals surface area contributed by atoms with Crippen LogP contribution in [0.4, 0.5) is 0 Å². The number of hydrogen-bond acceptors (Lipinski definition) is 4. The molecule has 0 aliphatic heterocycles. The highest BCUT2D eigenvalue weighted by Crippen LogP contribution is 2.34. The first kappa shape index (κ1) is 20.4. The maximum Gasteiger partial charge on any atom is 0.266 e. The van der Waals surface area contributed by atoms with Crippen molar-refractivity contribution in [1.29, 1.82) is 0 Å². The van der Waals surface area contributed by atoms with Gasteiger partial charge in [0.25, 0.3) is 22.2 Å². The summed E-state index contributed by atoms with van der Waals surface area (Å²) in [7, 11) is 1.36. The van der Waals surface area contributed by atoms with Crippen molar-refractivity contribution in [2.24, 2.45) is 7.05 Å². The van der Waals surface area contributed by atoms with Gasteiger partial charge in [-0.3, -0.25) is 23.7 Å². The minimum atomic E-state index is -0.584. The van der Waals surface area contributed by atoms with E-state index >= 15 is 0 Å². The largest absolute Gasteiger partial charge is 0.277 e. The Labute approximate surface area is 190 Å². The predicted octanol–water partition coefficient (Wildman–Crippen LogP) is 3.72. The molecule has 6 nitrogen and oxygen atoms in total. The van der Waals surface area contributed by atoms with Crippen molar-refractivity contribution in [1.82, 2.24) is 9.13 Å². The van der Waals surface area contributed by atoms with Gasteiger partial charge in [-0.25, -0.2) is 4.57 Å². The highest BCUT2D eigenvalue weighted by molar-refractivity contribution is 6.36. The Kier molecular flexibility index (Phi) is 4.48. The molecule has 0 bridgehead atoms. The van der Waals surface area contributed by atoms with Gasteiger partial charge < -0.3 is 0 Å². The van der Waals surface area contributed by atoms with Crippen LogP contribution in [0.5, 0.6) is 0 Å². The molecular weight excluding hydrogens is 451 g/mol. The third-order valence-corrected chi connectivity index (χ3v) is 6.35. The van der Waals surface area contributed by atoms with E-state index in [1.807, 2.05) is 25.1 Å². The summed E-state index contributed by atoms with van der Waals surface area (Å²) in [6, 6.07) is 13.0. The monoisotopic (exact) mass is 464 g/mol. The molecule has 0 atom stereocenters. The van der Waals surface area contributed by atoms with Crippen molar-refractivity contribution in [3.05, 3.63) is 106 Å². The average Bonchev–Trinajstić information content (AvgIpc) is 3.12. The Bertz CT molecular complexity index is 1730. The normalized spacial score (nSPS) is 11.6. The van der Waals surface area contributed by atoms with E-state index in [1.165, 1.54) is 25.2 Å². The molecule has 5 rings (SSSR count). The second kappa shape index (κ2) is 7.02. The molecule has 0 unspecified atom stereocenters. The van der Waals surface area contributed by atoms with Crippen LogP contribution in [0.2, 0.25) is 10.0 Å². The Morgan fingerprint density at radius 3 is 1.59 bits per heavy atom. The van der Waals surface area contributed by atoms with Crippen LogP contribution in [0.15, 0.2) is 67.7 Å². The van der Waals surface area contributed by atoms with Crippen LogP contribution >= 0.6 is 23.2 Å². The van der Waals surface area contributed by atoms with Crippen molar-refractivity contribution in [2.45, 2.75) is 6.92 Å². The van der Waals surface area contributed by atoms with E-state index in [0.29, 0.717) is 15.6 Å². The molecular formula is C24H14Cl2N2O4. The van der Waals surface area contributed by atoms with Crippen LogP contribution in [0.1, 0.15) is 5.56 Å². The first-order valence-electron chi connectivity index (χ1n) is 9.64. The van der Waals surface area contributed by atoms with Crippen molar-refractivity contribution in [3.8, 4) is 16.8 Å². The Morgan fingerprint density at radius 2 is 1.09 bits per heavy atom. The van der Waals surface area contributed by atoms with Gasteiger partial charge >= 0.3 is 0 Å². The maximum absolute atomic E-state index is 13.1. The van der Waals surface area contributed by atoms with Crippen molar-refractivity contribution in [3.63, 3.8) is 0 Å². The molecule has 158 valence electrons. The Morgan fingerprint density at radius 1 is 0.625 bits per heavy atom. The molecule has 0 aliphatic carbocycles. The number of aromatic nitrogens is 2. The fourth-order valence-corrected chi connectivity index (χ4v) is 4.64. The SMILES string of the molecule is Cc1ccc(-c2ccc(-n3c(=O)c4cc5c(=O)n(C)c(=O)c5cc4c3=O)cc2Cl)c(Cl)c1. The summed E-state index contributed by atoms with van der Waals surface area (Å²) in [4.78, 5) is 50.7. The van der Waals surface area contributed by atoms with Gasteiger partial charge in [0.15, 0.2) is 0 Å². The Balaban J connectivity index is 1.74. The number of fused-ring (bicyclic) bond motifs is 2. The van der Waals surface area contributed by atoms with Gasteiger partial charge in [-0.1, -0.05) is 41.4 Å². The van der Waals surface area contributed by atoms with E-state index in [2.05, 4.69) is 0 Å². The number of aryl methyl sites for hydroxylation is 1. The minimum absolute atomic E-state index is 0.0759. The number of nitrogens with zero attached hydrogens (tertiary/aromatic N) is 2. The zero-order chi connectivity index (χ0) is 22.9. The lowest BCUT2D eigenvalue weighted by molar-refractivity contribution is 0.856. The zero-order valence-electron chi connectivity index (χ0n) is 16.9. The lowest BCUT2D eigenvalue weighted by atomic mass is 10.0. The van der Waals surface area contributed by atoms with E-state index in [-0.39, 0.29) is 27.2 Å². The van der Waals surface area contributed by atoms with Gasteiger partial charge in [0.2, 0.25) is 0 Å². The number of halogens is 2. The summed E-state index contributed by atoms with van der Waals surface area (Å²) in [5.74, 6) is 0. The molecule has 0 fully saturated rings. The fraction of sp³-hybridized carbons (Fsp3) is 0.0833. The summed E-state index contributed by atoms with van der Waals surface area (Å²) in [6.45, 7) is 1.93. The van der Waals surface area contributed by atoms with Crippen molar-refractivity contribution >= 4 is 44.7 Å². The van der Waals surface area contributed by atoms with Crippen LogP contribution in [0.3, 0.4) is 0 Å². The highest BCUT2D eigenvalue weighted by Gasteiger charge is 2.20. The Hall–Kier alpha value is -3.48. The fourth-order valence-electron chi connectivity index (χ4n) is 4.03. The number of benzene rings is 3. The molecule has 2 heterocycles. The van der Waals surface area contributed by atoms with Crippen LogP contribution in [-0.2, 0) is 7.05 Å². The van der Waals surface area contributed by atoms with E-state index in [1.54, 1.807) is 12.1 Å². The molecule has 32 heavy (non-hydrogen) atoms. The quantitative estimate of drug-likeness (QED) is 0.398. The van der Waals surface area contributed by atoms with Crippen LogP contribution in [-0.4, -0.2) is 9.13 Å². The standard InChI is InChI=1S/C24H14Cl2N2O4/c1-11-3-5-13(19(25)7-11)14-6-4-12(8-20(14)26)28-23(31)17-9-15-16(10-18(17)24(28)32)22(30)27(2)21(15)29/h3-10H,1-2H3. The van der Waals surface area contributed by atoms with Gasteiger partial charge in [0, 0.05) is 23.2 Å². The molecule has 3 aromatic carbocycles. The topological polar surface area (TPSA) is 78.1 Å². The van der Waals surface area contributed by atoms with Gasteiger partial charge in [0.05, 0.1) is 32.3 Å². The number of hydrogen-bond donors (Lipinski definition) is 0. The molecule has 0 saturated carbocycles. The average molecular weight is 465 g/mol. The van der Waals surface area contributed by atoms with Crippen LogP contribution in [0.25, 0.3) is 38.4 Å². The molecule has 0 N–H and O–H groups in total. The molecule has 0 radical (unpaired) electrons. The highest BCUT2D eigenvalue weighted by atomic mass is 35.5. The first-order valence-corrected chi connectivity index (χ1v) is 10.4. The smallest absolute Gasteiger partial charge is 0.266 e. The van der Waals surface area contributed by atoms with Gasteiger partial charge in [-0.2, -0.15) is 0 Å². The van der Waals surface area contributed by atoms with E-state index in [4.69, 9.17) is 23.2 Å². The molecule has 2 aromatic heterocycles. The molecule has 5 aromatic rings. The van der Waals surface area contributed by atoms with Gasteiger partial charge in [-0.15, -0.1) is 0 Å². The summed E-state index contributed by atoms with van der Waals surface area (Å²) < 4.78 is 1.95. The third-order valence-electron chi connectivity index (χ3n) is 5.72. The maximum atomic E-state index is 13.1. The minimum Gasteiger partial charge on any atom is -0.277 e. The second-order valence-electron chi connectivity index (χ2n) is 7.71. The second-order valence-corrected chi connectivity index (χ2v) is 8.52. The van der Waals surface area contributed by atoms with Gasteiger partial charge in [-0.05, 0) is 42.8 Å². The summed E-state index contributed by atoms with van der Waals surface area (Å²) in [6.07, 6.45) is 0. The van der Waals surface area contributed by atoms with Crippen LogP contribution < -0.4 is 22.2 Å². The van der Waals surface area contributed by atoms with Crippen molar-refractivity contribution in [2.75, 3.05) is 0 Å². The van der Waals surface area contributed by atoms with E-state index in [0.717, 1.165) is 20.3 Å². The number of rotatable bonds is 2. The molecule has 0 amide bonds. The molecule has 0 spiro atoms. The summed E-state index contributed by atoms with van der Waals surface area (Å²) >= 11 is 12.9. The van der Waals surface area contributed by atoms with Gasteiger partial charge in [0.1, 0.15) is 0 Å². The first-order chi connectivity index (χ1) is 15.2. The summed E-state index contributed by atoms with van der Waals surface area (Å²) in [5, 5.41) is 1.23. The zero-order valence-corrected chi connectivity index (χ0v) is 18.4. The third kappa shape index (κ3) is 2.80. The van der Waals surface area contributed by atoms with Crippen LogP contribution in [0, 0.1) is 6.92 Å². The lowest BCUT2D eigenvalue weighted by Crippen LogP contribution is -2.23. The summed E-state index contributed by atoms with van der Waals surface area (Å²) in [5.41, 5.74) is 0.502.